The molecule has 0 unspecified atom stereocenters. The van der Waals surface area contributed by atoms with E-state index in [0.717, 1.165) is 11.1 Å². The van der Waals surface area contributed by atoms with Crippen molar-refractivity contribution in [3.63, 3.8) is 0 Å². The molecule has 4 aromatic rings. The fraction of sp³-hybridized carbons (Fsp3) is 0.100. The summed E-state index contributed by atoms with van der Waals surface area (Å²) in [4.78, 5) is 13.0. The van der Waals surface area contributed by atoms with Gasteiger partial charge in [-0.25, -0.2) is 4.52 Å². The Labute approximate surface area is 154 Å². The summed E-state index contributed by atoms with van der Waals surface area (Å²) in [6, 6.07) is 16.9. The van der Waals surface area contributed by atoms with Gasteiger partial charge in [0.1, 0.15) is 5.52 Å². The monoisotopic (exact) mass is 365 g/mol. The van der Waals surface area contributed by atoms with Crippen LogP contribution in [-0.2, 0) is 13.2 Å². The Bertz CT molecular complexity index is 1130. The molecule has 0 aliphatic carbocycles. The third-order valence-corrected chi connectivity index (χ3v) is 4.73. The second-order valence-corrected chi connectivity index (χ2v) is 6.37. The molecule has 5 nitrogen and oxygen atoms in total. The maximum absolute atomic E-state index is 13.0. The average molecular weight is 366 g/mol. The van der Waals surface area contributed by atoms with E-state index in [1.165, 1.54) is 4.52 Å². The number of nitrogens with zero attached hydrogens (tertiary/aromatic N) is 3. The number of aliphatic hydroxyl groups excluding tert-OH is 1. The Morgan fingerprint density at radius 1 is 1.00 bits per heavy atom. The second-order valence-electron chi connectivity index (χ2n) is 5.97. The molecule has 6 heteroatoms. The molecule has 0 saturated heterocycles. The van der Waals surface area contributed by atoms with Gasteiger partial charge >= 0.3 is 0 Å². The van der Waals surface area contributed by atoms with E-state index in [-0.39, 0.29) is 12.2 Å². The summed E-state index contributed by atoms with van der Waals surface area (Å²) in [5, 5.41) is 15.0. The molecule has 2 aromatic carbocycles. The van der Waals surface area contributed by atoms with Gasteiger partial charge in [-0.2, -0.15) is 5.10 Å². The molecular weight excluding hydrogens is 350 g/mol. The smallest absolute Gasteiger partial charge is 0.277 e. The molecule has 0 spiro atoms. The molecule has 2 aromatic heterocycles. The van der Waals surface area contributed by atoms with Crippen LogP contribution in [0.5, 0.6) is 0 Å². The van der Waals surface area contributed by atoms with Crippen molar-refractivity contribution in [2.45, 2.75) is 13.2 Å². The highest BCUT2D eigenvalue weighted by molar-refractivity contribution is 6.31. The molecular formula is C20H16ClN3O2. The normalized spacial score (nSPS) is 11.2. The van der Waals surface area contributed by atoms with Crippen LogP contribution in [-0.4, -0.2) is 19.3 Å². The largest absolute Gasteiger partial charge is 0.392 e. The van der Waals surface area contributed by atoms with Crippen LogP contribution in [0.3, 0.4) is 0 Å². The molecule has 4 rings (SSSR count). The molecule has 0 aliphatic rings. The summed E-state index contributed by atoms with van der Waals surface area (Å²) in [6.07, 6.45) is 3.40. The molecule has 2 heterocycles. The van der Waals surface area contributed by atoms with Crippen LogP contribution < -0.4 is 5.56 Å². The Kier molecular flexibility index (Phi) is 4.32. The Balaban J connectivity index is 1.88. The number of benzene rings is 2. The molecule has 0 atom stereocenters. The molecule has 0 amide bonds. The fourth-order valence-corrected chi connectivity index (χ4v) is 3.26. The van der Waals surface area contributed by atoms with Crippen LogP contribution in [0.1, 0.15) is 11.1 Å². The quantitative estimate of drug-likeness (QED) is 0.603. The maximum Gasteiger partial charge on any atom is 0.277 e. The fourth-order valence-electron chi connectivity index (χ4n) is 3.06. The van der Waals surface area contributed by atoms with E-state index < -0.39 is 0 Å². The SMILES string of the molecule is O=c1c2c(CO)c(-c3ccccc3)nn2ccn1Cc1ccccc1Cl. The van der Waals surface area contributed by atoms with Gasteiger partial charge in [0.05, 0.1) is 18.8 Å². The number of rotatable bonds is 4. The zero-order valence-corrected chi connectivity index (χ0v) is 14.6. The van der Waals surface area contributed by atoms with Crippen molar-refractivity contribution in [2.24, 2.45) is 0 Å². The van der Waals surface area contributed by atoms with Crippen molar-refractivity contribution in [3.8, 4) is 11.3 Å². The van der Waals surface area contributed by atoms with E-state index in [4.69, 9.17) is 11.6 Å². The summed E-state index contributed by atoms with van der Waals surface area (Å²) in [7, 11) is 0. The lowest BCUT2D eigenvalue weighted by atomic mass is 10.1. The molecule has 0 aliphatic heterocycles. The van der Waals surface area contributed by atoms with Gasteiger partial charge in [-0.05, 0) is 11.6 Å². The van der Waals surface area contributed by atoms with Crippen molar-refractivity contribution in [3.05, 3.63) is 93.5 Å². The van der Waals surface area contributed by atoms with Crippen LogP contribution >= 0.6 is 11.6 Å². The number of aliphatic hydroxyl groups is 1. The van der Waals surface area contributed by atoms with Crippen molar-refractivity contribution in [1.82, 2.24) is 14.2 Å². The second kappa shape index (κ2) is 6.78. The lowest BCUT2D eigenvalue weighted by Gasteiger charge is -2.08. The standard InChI is InChI=1S/C20H16ClN3O2/c21-17-9-5-4-8-15(17)12-23-10-11-24-19(20(23)26)16(13-25)18(22-24)14-6-2-1-3-7-14/h1-11,25H,12-13H2. The summed E-state index contributed by atoms with van der Waals surface area (Å²) >= 11 is 6.21. The minimum atomic E-state index is -0.265. The Morgan fingerprint density at radius 3 is 2.46 bits per heavy atom. The third-order valence-electron chi connectivity index (χ3n) is 4.36. The zero-order valence-electron chi connectivity index (χ0n) is 13.8. The molecule has 0 fully saturated rings. The van der Waals surface area contributed by atoms with Crippen molar-refractivity contribution in [2.75, 3.05) is 0 Å². The number of hydrogen-bond donors (Lipinski definition) is 1. The first kappa shape index (κ1) is 16.6. The predicted molar refractivity (Wildman–Crippen MR) is 101 cm³/mol. The van der Waals surface area contributed by atoms with E-state index in [9.17, 15) is 9.90 Å². The van der Waals surface area contributed by atoms with Gasteiger partial charge in [-0.1, -0.05) is 60.1 Å². The van der Waals surface area contributed by atoms with Crippen molar-refractivity contribution in [1.29, 1.82) is 0 Å². The zero-order chi connectivity index (χ0) is 18.1. The van der Waals surface area contributed by atoms with Crippen LogP contribution in [0.15, 0.2) is 71.8 Å². The lowest BCUT2D eigenvalue weighted by molar-refractivity contribution is 0.283. The molecule has 26 heavy (non-hydrogen) atoms. The van der Waals surface area contributed by atoms with Gasteiger partial charge < -0.3 is 9.67 Å². The number of fused-ring (bicyclic) bond motifs is 1. The highest BCUT2D eigenvalue weighted by Gasteiger charge is 2.17. The molecule has 0 bridgehead atoms. The summed E-state index contributed by atoms with van der Waals surface area (Å²) in [5.74, 6) is 0. The predicted octanol–water partition coefficient (Wildman–Crippen LogP) is 3.36. The Morgan fingerprint density at radius 2 is 1.73 bits per heavy atom. The van der Waals surface area contributed by atoms with Crippen LogP contribution in [0, 0.1) is 0 Å². The van der Waals surface area contributed by atoms with E-state index >= 15 is 0 Å². The first-order valence-corrected chi connectivity index (χ1v) is 8.57. The van der Waals surface area contributed by atoms with Gasteiger partial charge in [-0.15, -0.1) is 0 Å². The van der Waals surface area contributed by atoms with Gasteiger partial charge in [0, 0.05) is 28.5 Å². The van der Waals surface area contributed by atoms with Gasteiger partial charge in [0.25, 0.3) is 5.56 Å². The van der Waals surface area contributed by atoms with Gasteiger partial charge in [0.2, 0.25) is 0 Å². The highest BCUT2D eigenvalue weighted by Crippen LogP contribution is 2.24. The van der Waals surface area contributed by atoms with Crippen LogP contribution in [0.25, 0.3) is 16.8 Å². The number of hydrogen-bond acceptors (Lipinski definition) is 3. The maximum atomic E-state index is 13.0. The molecule has 130 valence electrons. The number of halogens is 1. The summed E-state index contributed by atoms with van der Waals surface area (Å²) < 4.78 is 3.10. The average Bonchev–Trinajstić information content (AvgIpc) is 3.06. The minimum Gasteiger partial charge on any atom is -0.392 e. The first-order valence-electron chi connectivity index (χ1n) is 8.19. The highest BCUT2D eigenvalue weighted by atomic mass is 35.5. The van der Waals surface area contributed by atoms with Gasteiger partial charge in [-0.3, -0.25) is 4.79 Å². The van der Waals surface area contributed by atoms with Gasteiger partial charge in [0.15, 0.2) is 0 Å². The topological polar surface area (TPSA) is 59.5 Å². The lowest BCUT2D eigenvalue weighted by Crippen LogP contribution is -2.22. The molecule has 0 radical (unpaired) electrons. The van der Waals surface area contributed by atoms with E-state index in [1.54, 1.807) is 23.0 Å². The third kappa shape index (κ3) is 2.81. The van der Waals surface area contributed by atoms with E-state index in [1.807, 2.05) is 48.5 Å². The van der Waals surface area contributed by atoms with Crippen LogP contribution in [0.4, 0.5) is 0 Å². The number of aromatic nitrogens is 3. The first-order chi connectivity index (χ1) is 12.7. The Hall–Kier alpha value is -2.89. The van der Waals surface area contributed by atoms with E-state index in [2.05, 4.69) is 5.10 Å². The minimum absolute atomic E-state index is 0.217. The molecule has 1 N–H and O–H groups in total. The van der Waals surface area contributed by atoms with Crippen molar-refractivity contribution < 1.29 is 5.11 Å². The van der Waals surface area contributed by atoms with Crippen molar-refractivity contribution >= 4 is 17.1 Å². The summed E-state index contributed by atoms with van der Waals surface area (Å²) in [5.41, 5.74) is 3.01. The van der Waals surface area contributed by atoms with Crippen LogP contribution in [0.2, 0.25) is 5.02 Å². The van der Waals surface area contributed by atoms with E-state index in [0.29, 0.717) is 28.3 Å². The summed E-state index contributed by atoms with van der Waals surface area (Å²) in [6.45, 7) is 0.0881. The molecule has 0 saturated carbocycles.